The molecule has 1 atom stereocenters. The fourth-order valence-electron chi connectivity index (χ4n) is 3.38. The summed E-state index contributed by atoms with van der Waals surface area (Å²) in [5, 5.41) is 11.8. The molecular formula is C18H17N5OS3. The van der Waals surface area contributed by atoms with Crippen LogP contribution in [0.15, 0.2) is 27.2 Å². The first-order valence-electron chi connectivity index (χ1n) is 8.74. The maximum atomic E-state index is 6.29. The molecule has 1 aliphatic rings. The second kappa shape index (κ2) is 6.88. The number of thioether (sulfide) groups is 1. The fourth-order valence-corrected chi connectivity index (χ4v) is 6.05. The number of nitrogens with two attached hydrogens (primary N) is 1. The molecule has 0 aliphatic heterocycles. The van der Waals surface area contributed by atoms with Gasteiger partial charge in [-0.1, -0.05) is 24.8 Å². The van der Waals surface area contributed by atoms with E-state index in [9.17, 15) is 0 Å². The molecule has 4 aromatic rings. The van der Waals surface area contributed by atoms with Crippen molar-refractivity contribution in [2.45, 2.75) is 37.2 Å². The van der Waals surface area contributed by atoms with E-state index in [1.165, 1.54) is 28.6 Å². The van der Waals surface area contributed by atoms with Gasteiger partial charge >= 0.3 is 0 Å². The normalized spacial score (nSPS) is 16.7. The number of aromatic nitrogens is 4. The highest BCUT2D eigenvalue weighted by Crippen LogP contribution is 2.39. The predicted molar refractivity (Wildman–Crippen MR) is 110 cm³/mol. The quantitative estimate of drug-likeness (QED) is 0.479. The van der Waals surface area contributed by atoms with Crippen LogP contribution < -0.4 is 5.73 Å². The van der Waals surface area contributed by atoms with Gasteiger partial charge < -0.3 is 10.2 Å². The number of rotatable bonds is 4. The summed E-state index contributed by atoms with van der Waals surface area (Å²) in [6, 6.07) is 3.92. The third-order valence-electron chi connectivity index (χ3n) is 4.69. The van der Waals surface area contributed by atoms with Crippen LogP contribution in [0.4, 0.5) is 5.82 Å². The minimum Gasteiger partial charge on any atom is -0.410 e. The minimum atomic E-state index is 0.514. The zero-order valence-corrected chi connectivity index (χ0v) is 17.1. The van der Waals surface area contributed by atoms with E-state index in [-0.39, 0.29) is 0 Å². The molecule has 138 valence electrons. The number of nitrogen functional groups attached to an aromatic ring is 1. The van der Waals surface area contributed by atoms with Crippen LogP contribution in [-0.4, -0.2) is 20.2 Å². The molecule has 1 aliphatic carbocycles. The van der Waals surface area contributed by atoms with E-state index >= 15 is 0 Å². The van der Waals surface area contributed by atoms with Crippen molar-refractivity contribution >= 4 is 50.5 Å². The highest BCUT2D eigenvalue weighted by Gasteiger charge is 2.23. The van der Waals surface area contributed by atoms with Gasteiger partial charge in [0, 0.05) is 4.88 Å². The molecule has 4 aromatic heterocycles. The van der Waals surface area contributed by atoms with Crippen LogP contribution in [0.1, 0.15) is 29.6 Å². The Morgan fingerprint density at radius 1 is 1.33 bits per heavy atom. The molecule has 0 spiro atoms. The second-order valence-corrected chi connectivity index (χ2v) is 9.65. The van der Waals surface area contributed by atoms with Crippen LogP contribution in [0, 0.1) is 5.92 Å². The van der Waals surface area contributed by atoms with Crippen LogP contribution in [0.3, 0.4) is 0 Å². The third-order valence-corrected chi connectivity index (χ3v) is 7.51. The summed E-state index contributed by atoms with van der Waals surface area (Å²) in [6.07, 6.45) is 3.40. The molecule has 0 saturated heterocycles. The van der Waals surface area contributed by atoms with Gasteiger partial charge in [-0.3, -0.25) is 0 Å². The molecule has 0 aromatic carbocycles. The summed E-state index contributed by atoms with van der Waals surface area (Å²) in [4.78, 5) is 12.7. The summed E-state index contributed by atoms with van der Waals surface area (Å²) in [7, 11) is 0. The first-order chi connectivity index (χ1) is 13.2. The molecule has 2 N–H and O–H groups in total. The van der Waals surface area contributed by atoms with Crippen molar-refractivity contribution in [3.8, 4) is 10.8 Å². The second-order valence-electron chi connectivity index (χ2n) is 6.70. The highest BCUT2D eigenvalue weighted by molar-refractivity contribution is 7.98. The number of aryl methyl sites for hydroxylation is 1. The largest absolute Gasteiger partial charge is 0.410 e. The van der Waals surface area contributed by atoms with Crippen molar-refractivity contribution in [2.75, 3.05) is 5.73 Å². The Morgan fingerprint density at radius 3 is 3.11 bits per heavy atom. The zero-order chi connectivity index (χ0) is 18.4. The number of fused-ring (bicyclic) bond motifs is 3. The first-order valence-corrected chi connectivity index (χ1v) is 11.4. The summed E-state index contributed by atoms with van der Waals surface area (Å²) in [5.74, 6) is 3.11. The summed E-state index contributed by atoms with van der Waals surface area (Å²) >= 11 is 4.77. The van der Waals surface area contributed by atoms with Crippen LogP contribution in [0.5, 0.6) is 0 Å². The molecule has 1 unspecified atom stereocenters. The first kappa shape index (κ1) is 17.2. The number of hydrogen-bond donors (Lipinski definition) is 1. The zero-order valence-electron chi connectivity index (χ0n) is 14.6. The Morgan fingerprint density at radius 2 is 2.26 bits per heavy atom. The Bertz CT molecular complexity index is 1100. The molecule has 0 radical (unpaired) electrons. The maximum absolute atomic E-state index is 6.29. The van der Waals surface area contributed by atoms with Crippen molar-refractivity contribution in [3.63, 3.8) is 0 Å². The SMILES string of the molecule is CC1CCc2c(sc3nc(CSc4nnc(-c5cccs5)o4)nc(N)c23)C1. The lowest BCUT2D eigenvalue weighted by atomic mass is 9.89. The Labute approximate surface area is 168 Å². The molecule has 0 bridgehead atoms. The third kappa shape index (κ3) is 3.24. The molecule has 5 rings (SSSR count). The van der Waals surface area contributed by atoms with E-state index in [0.29, 0.717) is 28.5 Å². The summed E-state index contributed by atoms with van der Waals surface area (Å²) < 4.78 is 5.71. The van der Waals surface area contributed by atoms with Gasteiger partial charge in [0.05, 0.1) is 16.0 Å². The van der Waals surface area contributed by atoms with Crippen molar-refractivity contribution in [1.29, 1.82) is 0 Å². The minimum absolute atomic E-state index is 0.514. The van der Waals surface area contributed by atoms with E-state index in [1.807, 2.05) is 17.5 Å². The summed E-state index contributed by atoms with van der Waals surface area (Å²) in [6.45, 7) is 2.30. The predicted octanol–water partition coefficient (Wildman–Crippen LogP) is 4.80. The van der Waals surface area contributed by atoms with E-state index in [0.717, 1.165) is 33.9 Å². The maximum Gasteiger partial charge on any atom is 0.277 e. The molecule has 6 nitrogen and oxygen atoms in total. The van der Waals surface area contributed by atoms with E-state index < -0.39 is 0 Å². The van der Waals surface area contributed by atoms with Gasteiger partial charge in [0.1, 0.15) is 16.5 Å². The molecule has 0 saturated carbocycles. The van der Waals surface area contributed by atoms with Crippen molar-refractivity contribution in [1.82, 2.24) is 20.2 Å². The van der Waals surface area contributed by atoms with E-state index in [2.05, 4.69) is 22.1 Å². The number of hydrogen-bond acceptors (Lipinski definition) is 9. The van der Waals surface area contributed by atoms with Crippen LogP contribution in [-0.2, 0) is 18.6 Å². The Hall–Kier alpha value is -1.97. The summed E-state index contributed by atoms with van der Waals surface area (Å²) in [5.41, 5.74) is 7.66. The molecule has 0 amide bonds. The van der Waals surface area contributed by atoms with E-state index in [1.54, 1.807) is 22.7 Å². The van der Waals surface area contributed by atoms with Crippen molar-refractivity contribution in [2.24, 2.45) is 5.92 Å². The lowest BCUT2D eigenvalue weighted by Crippen LogP contribution is -2.09. The standard InChI is InChI=1S/C18H17N5OS3/c1-9-4-5-10-12(7-9)27-17-14(10)15(19)20-13(21-17)8-26-18-23-22-16(24-18)11-3-2-6-25-11/h2-3,6,9H,4-5,7-8H2,1H3,(H2,19,20,21). The van der Waals surface area contributed by atoms with Gasteiger partial charge in [-0.25, -0.2) is 9.97 Å². The Balaban J connectivity index is 1.38. The van der Waals surface area contributed by atoms with Crippen LogP contribution >= 0.6 is 34.4 Å². The van der Waals surface area contributed by atoms with Crippen molar-refractivity contribution in [3.05, 3.63) is 33.8 Å². The van der Waals surface area contributed by atoms with Gasteiger partial charge in [0.25, 0.3) is 11.1 Å². The Kier molecular flexibility index (Phi) is 4.37. The number of thiophene rings is 2. The molecule has 27 heavy (non-hydrogen) atoms. The average molecular weight is 416 g/mol. The van der Waals surface area contributed by atoms with Gasteiger partial charge in [0.15, 0.2) is 0 Å². The van der Waals surface area contributed by atoms with Crippen LogP contribution in [0.2, 0.25) is 0 Å². The van der Waals surface area contributed by atoms with Gasteiger partial charge in [-0.15, -0.1) is 32.9 Å². The van der Waals surface area contributed by atoms with Gasteiger partial charge in [0.2, 0.25) is 0 Å². The monoisotopic (exact) mass is 415 g/mol. The van der Waals surface area contributed by atoms with Crippen molar-refractivity contribution < 1.29 is 4.42 Å². The molecule has 0 fully saturated rings. The highest BCUT2D eigenvalue weighted by atomic mass is 32.2. The lowest BCUT2D eigenvalue weighted by Gasteiger charge is -2.17. The fraction of sp³-hybridized carbons (Fsp3) is 0.333. The van der Waals surface area contributed by atoms with Crippen LogP contribution in [0.25, 0.3) is 21.0 Å². The molecule has 4 heterocycles. The molecule has 9 heteroatoms. The van der Waals surface area contributed by atoms with Gasteiger partial charge in [-0.05, 0) is 42.2 Å². The topological polar surface area (TPSA) is 90.7 Å². The average Bonchev–Trinajstić information content (AvgIpc) is 3.38. The van der Waals surface area contributed by atoms with Gasteiger partial charge in [-0.2, -0.15) is 0 Å². The van der Waals surface area contributed by atoms with E-state index in [4.69, 9.17) is 15.1 Å². The lowest BCUT2D eigenvalue weighted by molar-refractivity contribution is 0.466. The number of anilines is 1. The smallest absolute Gasteiger partial charge is 0.277 e. The number of nitrogens with zero attached hydrogens (tertiary/aromatic N) is 4. The molecular weight excluding hydrogens is 398 g/mol.